The van der Waals surface area contributed by atoms with Crippen molar-refractivity contribution in [3.63, 3.8) is 0 Å². The Labute approximate surface area is 247 Å². The van der Waals surface area contributed by atoms with E-state index in [4.69, 9.17) is 4.74 Å². The first-order valence-electron chi connectivity index (χ1n) is 13.5. The number of carbonyl (C=O) groups excluding carboxylic acids is 1. The second kappa shape index (κ2) is 13.2. The SMILES string of the molecule is O=C(C(c1ccccc1Oc1ccccc1[N+](=O)[O-])c1ccccc1[N+](=O)[O-])N(Cc1ccccc1)Cc1ccccc1. The Morgan fingerprint density at radius 2 is 1.02 bits per heavy atom. The number of para-hydroxylation sites is 4. The van der Waals surface area contributed by atoms with E-state index in [0.717, 1.165) is 11.1 Å². The molecule has 0 aliphatic rings. The van der Waals surface area contributed by atoms with Crippen molar-refractivity contribution < 1.29 is 19.4 Å². The first-order chi connectivity index (χ1) is 20.9. The zero-order valence-corrected chi connectivity index (χ0v) is 23.0. The number of ether oxygens (including phenoxy) is 1. The quantitative estimate of drug-likeness (QED) is 0.118. The highest BCUT2D eigenvalue weighted by Crippen LogP contribution is 2.41. The monoisotopic (exact) mass is 573 g/mol. The molecule has 0 fully saturated rings. The summed E-state index contributed by atoms with van der Waals surface area (Å²) in [7, 11) is 0. The van der Waals surface area contributed by atoms with E-state index < -0.39 is 15.8 Å². The van der Waals surface area contributed by atoms with Crippen LogP contribution in [0.4, 0.5) is 11.4 Å². The molecular formula is C34H27N3O6. The lowest BCUT2D eigenvalue weighted by Crippen LogP contribution is -2.35. The van der Waals surface area contributed by atoms with Gasteiger partial charge in [0.15, 0.2) is 0 Å². The van der Waals surface area contributed by atoms with Crippen LogP contribution in [-0.2, 0) is 17.9 Å². The van der Waals surface area contributed by atoms with Gasteiger partial charge < -0.3 is 9.64 Å². The van der Waals surface area contributed by atoms with E-state index in [2.05, 4.69) is 0 Å². The number of rotatable bonds is 11. The van der Waals surface area contributed by atoms with E-state index in [0.29, 0.717) is 5.56 Å². The summed E-state index contributed by atoms with van der Waals surface area (Å²) < 4.78 is 6.09. The van der Waals surface area contributed by atoms with Crippen LogP contribution in [0.2, 0.25) is 0 Å². The van der Waals surface area contributed by atoms with E-state index in [1.165, 1.54) is 24.3 Å². The minimum absolute atomic E-state index is 0.0147. The fourth-order valence-corrected chi connectivity index (χ4v) is 4.96. The number of hydrogen-bond donors (Lipinski definition) is 0. The maximum Gasteiger partial charge on any atom is 0.311 e. The number of nitrogens with zero attached hydrogens (tertiary/aromatic N) is 3. The lowest BCUT2D eigenvalue weighted by atomic mass is 9.87. The van der Waals surface area contributed by atoms with Gasteiger partial charge in [-0.15, -0.1) is 0 Å². The summed E-state index contributed by atoms with van der Waals surface area (Å²) in [6, 6.07) is 37.7. The van der Waals surface area contributed by atoms with E-state index >= 15 is 0 Å². The summed E-state index contributed by atoms with van der Waals surface area (Å²) in [6.07, 6.45) is 0. The van der Waals surface area contributed by atoms with Crippen LogP contribution < -0.4 is 4.74 Å². The Bertz CT molecular complexity index is 1700. The fourth-order valence-electron chi connectivity index (χ4n) is 4.96. The van der Waals surface area contributed by atoms with Crippen molar-refractivity contribution in [3.8, 4) is 11.5 Å². The second-order valence-electron chi connectivity index (χ2n) is 9.78. The lowest BCUT2D eigenvalue weighted by Gasteiger charge is -2.29. The maximum absolute atomic E-state index is 14.7. The molecule has 5 rings (SSSR count). The van der Waals surface area contributed by atoms with Crippen LogP contribution in [0.25, 0.3) is 0 Å². The van der Waals surface area contributed by atoms with Crippen LogP contribution in [0, 0.1) is 20.2 Å². The minimum atomic E-state index is -1.16. The van der Waals surface area contributed by atoms with Gasteiger partial charge in [0.1, 0.15) is 5.75 Å². The Balaban J connectivity index is 1.66. The molecule has 0 heterocycles. The highest BCUT2D eigenvalue weighted by molar-refractivity contribution is 5.89. The molecule has 0 aromatic heterocycles. The molecule has 0 N–H and O–H groups in total. The predicted octanol–water partition coefficient (Wildman–Crippen LogP) is 7.66. The van der Waals surface area contributed by atoms with Crippen molar-refractivity contribution in [2.45, 2.75) is 19.0 Å². The van der Waals surface area contributed by atoms with Gasteiger partial charge in [-0.2, -0.15) is 0 Å². The van der Waals surface area contributed by atoms with Crippen molar-refractivity contribution in [1.29, 1.82) is 0 Å². The van der Waals surface area contributed by atoms with Gasteiger partial charge in [-0.05, 0) is 23.3 Å². The zero-order chi connectivity index (χ0) is 30.2. The molecule has 0 radical (unpaired) electrons. The average Bonchev–Trinajstić information content (AvgIpc) is 3.03. The smallest absolute Gasteiger partial charge is 0.311 e. The fraction of sp³-hybridized carbons (Fsp3) is 0.0882. The summed E-state index contributed by atoms with van der Waals surface area (Å²) in [6.45, 7) is 0.498. The lowest BCUT2D eigenvalue weighted by molar-refractivity contribution is -0.385. The number of carbonyl (C=O) groups is 1. The Morgan fingerprint density at radius 3 is 1.58 bits per heavy atom. The van der Waals surface area contributed by atoms with Gasteiger partial charge in [0, 0.05) is 36.3 Å². The van der Waals surface area contributed by atoms with Crippen LogP contribution in [-0.4, -0.2) is 20.7 Å². The Kier molecular flexibility index (Phi) is 8.82. The van der Waals surface area contributed by atoms with Crippen molar-refractivity contribution >= 4 is 17.3 Å². The number of amides is 1. The molecule has 9 heteroatoms. The van der Waals surface area contributed by atoms with Crippen LogP contribution in [0.15, 0.2) is 133 Å². The molecule has 5 aromatic rings. The maximum atomic E-state index is 14.7. The third-order valence-electron chi connectivity index (χ3n) is 6.95. The molecule has 43 heavy (non-hydrogen) atoms. The van der Waals surface area contributed by atoms with Gasteiger partial charge in [0.25, 0.3) is 5.69 Å². The van der Waals surface area contributed by atoms with Crippen molar-refractivity contribution in [3.05, 3.63) is 176 Å². The minimum Gasteiger partial charge on any atom is -0.450 e. The van der Waals surface area contributed by atoms with Crippen molar-refractivity contribution in [2.24, 2.45) is 0 Å². The highest BCUT2D eigenvalue weighted by atomic mass is 16.6. The molecule has 9 nitrogen and oxygen atoms in total. The molecule has 0 saturated carbocycles. The molecule has 5 aromatic carbocycles. The van der Waals surface area contributed by atoms with Crippen molar-refractivity contribution in [1.82, 2.24) is 4.90 Å². The van der Waals surface area contributed by atoms with E-state index in [1.807, 2.05) is 60.7 Å². The molecular weight excluding hydrogens is 546 g/mol. The molecule has 0 spiro atoms. The number of nitro groups is 2. The Hall–Kier alpha value is -5.83. The van der Waals surface area contributed by atoms with Crippen LogP contribution in [0.1, 0.15) is 28.2 Å². The van der Waals surface area contributed by atoms with Gasteiger partial charge in [-0.1, -0.05) is 109 Å². The summed E-state index contributed by atoms with van der Waals surface area (Å²) >= 11 is 0. The van der Waals surface area contributed by atoms with Gasteiger partial charge in [-0.25, -0.2) is 0 Å². The average molecular weight is 574 g/mol. The molecule has 1 amide bonds. The standard InChI is InChI=1S/C34H27N3O6/c38-34(35(23-25-13-3-1-4-14-25)24-26-15-5-2-6-16-26)33(27-17-7-9-19-29(27)36(39)40)28-18-8-11-21-31(28)43-32-22-12-10-20-30(32)37(41)42/h1-22,33H,23-24H2. The van der Waals surface area contributed by atoms with Crippen LogP contribution in [0.5, 0.6) is 11.5 Å². The topological polar surface area (TPSA) is 116 Å². The molecule has 214 valence electrons. The van der Waals surface area contributed by atoms with E-state index in [9.17, 15) is 25.0 Å². The van der Waals surface area contributed by atoms with Gasteiger partial charge in [0.2, 0.25) is 11.7 Å². The summed E-state index contributed by atoms with van der Waals surface area (Å²) in [5.74, 6) is -1.39. The van der Waals surface area contributed by atoms with Gasteiger partial charge in [-0.3, -0.25) is 25.0 Å². The second-order valence-corrected chi connectivity index (χ2v) is 9.78. The first-order valence-corrected chi connectivity index (χ1v) is 13.5. The molecule has 0 bridgehead atoms. The highest BCUT2D eigenvalue weighted by Gasteiger charge is 2.35. The molecule has 0 saturated heterocycles. The molecule has 0 aliphatic heterocycles. The zero-order valence-electron chi connectivity index (χ0n) is 23.0. The number of benzene rings is 5. The van der Waals surface area contributed by atoms with Crippen molar-refractivity contribution in [2.75, 3.05) is 0 Å². The van der Waals surface area contributed by atoms with E-state index in [1.54, 1.807) is 53.4 Å². The third kappa shape index (κ3) is 6.74. The molecule has 0 aliphatic carbocycles. The largest absolute Gasteiger partial charge is 0.450 e. The summed E-state index contributed by atoms with van der Waals surface area (Å²) in [4.78, 5) is 39.3. The van der Waals surface area contributed by atoms with Crippen LogP contribution in [0.3, 0.4) is 0 Å². The predicted molar refractivity (Wildman–Crippen MR) is 162 cm³/mol. The first kappa shape index (κ1) is 28.7. The Morgan fingerprint density at radius 1 is 0.581 bits per heavy atom. The third-order valence-corrected chi connectivity index (χ3v) is 6.95. The summed E-state index contributed by atoms with van der Waals surface area (Å²) in [5, 5.41) is 23.9. The number of nitro benzene ring substituents is 2. The number of hydrogen-bond acceptors (Lipinski definition) is 6. The van der Waals surface area contributed by atoms with E-state index in [-0.39, 0.29) is 47.4 Å². The van der Waals surface area contributed by atoms with Crippen LogP contribution >= 0.6 is 0 Å². The summed E-state index contributed by atoms with van der Waals surface area (Å²) in [5.41, 5.74) is 1.82. The van der Waals surface area contributed by atoms with Gasteiger partial charge >= 0.3 is 5.69 Å². The molecule has 1 unspecified atom stereocenters. The van der Waals surface area contributed by atoms with Gasteiger partial charge in [0.05, 0.1) is 15.8 Å². The normalized spacial score (nSPS) is 11.3. The molecule has 1 atom stereocenters.